The molecule has 0 fully saturated rings. The van der Waals surface area contributed by atoms with Gasteiger partial charge in [0.1, 0.15) is 6.04 Å². The highest BCUT2D eigenvalue weighted by Crippen LogP contribution is 1.92. The van der Waals surface area contributed by atoms with Crippen LogP contribution in [0.3, 0.4) is 0 Å². The van der Waals surface area contributed by atoms with Gasteiger partial charge in [-0.1, -0.05) is 0 Å². The van der Waals surface area contributed by atoms with Crippen LogP contribution in [0.5, 0.6) is 0 Å². The molecule has 0 aromatic carbocycles. The zero-order valence-corrected chi connectivity index (χ0v) is 9.67. The molecule has 2 atom stereocenters. The van der Waals surface area contributed by atoms with Crippen molar-refractivity contribution in [3.63, 3.8) is 0 Å². The van der Waals surface area contributed by atoms with Gasteiger partial charge in [0, 0.05) is 0 Å². The average Bonchev–Trinajstić information content (AvgIpc) is 2.23. The highest BCUT2D eigenvalue weighted by Gasteiger charge is 2.23. The van der Waals surface area contributed by atoms with Crippen molar-refractivity contribution in [2.45, 2.75) is 25.4 Å². The lowest BCUT2D eigenvalue weighted by Crippen LogP contribution is -2.48. The quantitative estimate of drug-likeness (QED) is 0.338. The maximum Gasteiger partial charge on any atom is 0.326 e. The molecule has 9 nitrogen and oxygen atoms in total. The fourth-order valence-corrected chi connectivity index (χ4v) is 0.948. The van der Waals surface area contributed by atoms with Crippen LogP contribution in [-0.2, 0) is 19.2 Å². The van der Waals surface area contributed by atoms with Crippen LogP contribution < -0.4 is 16.4 Å². The van der Waals surface area contributed by atoms with E-state index in [2.05, 4.69) is 5.32 Å². The Bertz CT molecular complexity index is 354. The molecule has 102 valence electrons. The Morgan fingerprint density at radius 3 is 2.17 bits per heavy atom. The number of hydrogen-bond donors (Lipinski definition) is 5. The monoisotopic (exact) mass is 261 g/mol. The SMILES string of the molecule is C[C@H](N)C(=O)NCC(=O)N[C@@H](CC(=O)O)C(=O)O. The number of amides is 2. The minimum Gasteiger partial charge on any atom is -0.481 e. The van der Waals surface area contributed by atoms with Crippen molar-refractivity contribution in [2.24, 2.45) is 5.73 Å². The number of carboxylic acid groups (broad SMARTS) is 2. The lowest BCUT2D eigenvalue weighted by atomic mass is 10.2. The predicted octanol–water partition coefficient (Wildman–Crippen LogP) is -2.51. The molecule has 0 saturated carbocycles. The van der Waals surface area contributed by atoms with Crippen LogP contribution in [-0.4, -0.2) is 52.6 Å². The van der Waals surface area contributed by atoms with Crippen LogP contribution in [0.25, 0.3) is 0 Å². The van der Waals surface area contributed by atoms with Crippen molar-refractivity contribution >= 4 is 23.8 Å². The lowest BCUT2D eigenvalue weighted by molar-refractivity contribution is -0.147. The van der Waals surface area contributed by atoms with Crippen molar-refractivity contribution < 1.29 is 29.4 Å². The third kappa shape index (κ3) is 6.43. The normalized spacial score (nSPS) is 13.2. The molecule has 0 aliphatic carbocycles. The first-order valence-corrected chi connectivity index (χ1v) is 5.01. The number of carboxylic acids is 2. The number of aliphatic carboxylic acids is 2. The first-order chi connectivity index (χ1) is 8.23. The molecule has 0 spiro atoms. The summed E-state index contributed by atoms with van der Waals surface area (Å²) in [5, 5.41) is 21.2. The Morgan fingerprint density at radius 1 is 1.22 bits per heavy atom. The van der Waals surface area contributed by atoms with E-state index in [1.807, 2.05) is 5.32 Å². The molecule has 0 aliphatic heterocycles. The molecule has 6 N–H and O–H groups in total. The predicted molar refractivity (Wildman–Crippen MR) is 58.5 cm³/mol. The smallest absolute Gasteiger partial charge is 0.326 e. The fraction of sp³-hybridized carbons (Fsp3) is 0.556. The molecule has 18 heavy (non-hydrogen) atoms. The van der Waals surface area contributed by atoms with Gasteiger partial charge >= 0.3 is 11.9 Å². The molecule has 0 saturated heterocycles. The highest BCUT2D eigenvalue weighted by molar-refractivity contribution is 5.90. The van der Waals surface area contributed by atoms with Crippen LogP contribution in [0.4, 0.5) is 0 Å². The maximum absolute atomic E-state index is 11.2. The molecule has 0 bridgehead atoms. The molecular formula is C9H15N3O6. The van der Waals surface area contributed by atoms with Crippen molar-refractivity contribution in [2.75, 3.05) is 6.54 Å². The van der Waals surface area contributed by atoms with E-state index in [9.17, 15) is 19.2 Å². The van der Waals surface area contributed by atoms with E-state index in [4.69, 9.17) is 15.9 Å². The zero-order valence-electron chi connectivity index (χ0n) is 9.67. The first-order valence-electron chi connectivity index (χ1n) is 5.01. The van der Waals surface area contributed by atoms with E-state index < -0.39 is 48.8 Å². The summed E-state index contributed by atoms with van der Waals surface area (Å²) in [6.07, 6.45) is -0.748. The van der Waals surface area contributed by atoms with E-state index in [-0.39, 0.29) is 0 Å². The summed E-state index contributed by atoms with van der Waals surface area (Å²) >= 11 is 0. The Kier molecular flexibility index (Phi) is 6.35. The number of nitrogens with one attached hydrogen (secondary N) is 2. The third-order valence-electron chi connectivity index (χ3n) is 1.85. The summed E-state index contributed by atoms with van der Waals surface area (Å²) < 4.78 is 0. The van der Waals surface area contributed by atoms with E-state index in [0.717, 1.165) is 0 Å². The van der Waals surface area contributed by atoms with Crippen LogP contribution in [0.2, 0.25) is 0 Å². The molecule has 9 heteroatoms. The van der Waals surface area contributed by atoms with E-state index in [1.165, 1.54) is 6.92 Å². The second kappa shape index (κ2) is 7.22. The van der Waals surface area contributed by atoms with Gasteiger partial charge in [-0.25, -0.2) is 4.79 Å². The van der Waals surface area contributed by atoms with Gasteiger partial charge in [-0.05, 0) is 6.92 Å². The van der Waals surface area contributed by atoms with Crippen LogP contribution in [0.1, 0.15) is 13.3 Å². The lowest BCUT2D eigenvalue weighted by Gasteiger charge is -2.13. The molecule has 0 rings (SSSR count). The average molecular weight is 261 g/mol. The molecule has 0 radical (unpaired) electrons. The summed E-state index contributed by atoms with van der Waals surface area (Å²) in [6, 6.07) is -2.34. The van der Waals surface area contributed by atoms with Crippen LogP contribution >= 0.6 is 0 Å². The van der Waals surface area contributed by atoms with Gasteiger partial charge in [0.25, 0.3) is 0 Å². The zero-order chi connectivity index (χ0) is 14.3. The second-order valence-electron chi connectivity index (χ2n) is 3.56. The summed E-state index contributed by atoms with van der Waals surface area (Å²) in [5.41, 5.74) is 5.22. The Labute approximate surface area is 102 Å². The summed E-state index contributed by atoms with van der Waals surface area (Å²) in [7, 11) is 0. The van der Waals surface area contributed by atoms with Crippen molar-refractivity contribution in [1.82, 2.24) is 10.6 Å². The Hall–Kier alpha value is -2.16. The van der Waals surface area contributed by atoms with Gasteiger partial charge in [0.2, 0.25) is 11.8 Å². The summed E-state index contributed by atoms with van der Waals surface area (Å²) in [5.74, 6) is -4.21. The largest absolute Gasteiger partial charge is 0.481 e. The van der Waals surface area contributed by atoms with E-state index in [1.54, 1.807) is 0 Å². The molecule has 2 amide bonds. The molecule has 0 aromatic heterocycles. The number of carbonyl (C=O) groups excluding carboxylic acids is 2. The van der Waals surface area contributed by atoms with Gasteiger partial charge in [0.15, 0.2) is 0 Å². The molecule has 0 aromatic rings. The molecule has 0 aliphatic rings. The Balaban J connectivity index is 4.22. The number of carbonyl (C=O) groups is 4. The minimum absolute atomic E-state index is 0.468. The Morgan fingerprint density at radius 2 is 1.78 bits per heavy atom. The molecule has 0 unspecified atom stereocenters. The van der Waals surface area contributed by atoms with Crippen LogP contribution in [0, 0.1) is 0 Å². The topological polar surface area (TPSA) is 159 Å². The molecular weight excluding hydrogens is 246 g/mol. The van der Waals surface area contributed by atoms with Crippen LogP contribution in [0.15, 0.2) is 0 Å². The minimum atomic E-state index is -1.54. The van der Waals surface area contributed by atoms with Gasteiger partial charge < -0.3 is 26.6 Å². The van der Waals surface area contributed by atoms with Gasteiger partial charge in [-0.2, -0.15) is 0 Å². The first kappa shape index (κ1) is 15.8. The van der Waals surface area contributed by atoms with Gasteiger partial charge in [0.05, 0.1) is 19.0 Å². The maximum atomic E-state index is 11.2. The number of rotatable bonds is 7. The van der Waals surface area contributed by atoms with Crippen molar-refractivity contribution in [3.8, 4) is 0 Å². The summed E-state index contributed by atoms with van der Waals surface area (Å²) in [4.78, 5) is 43.2. The summed E-state index contributed by atoms with van der Waals surface area (Å²) in [6.45, 7) is 0.946. The van der Waals surface area contributed by atoms with Gasteiger partial charge in [-0.3, -0.25) is 14.4 Å². The number of nitrogens with two attached hydrogens (primary N) is 1. The van der Waals surface area contributed by atoms with E-state index in [0.29, 0.717) is 0 Å². The third-order valence-corrected chi connectivity index (χ3v) is 1.85. The number of hydrogen-bond acceptors (Lipinski definition) is 5. The van der Waals surface area contributed by atoms with Gasteiger partial charge in [-0.15, -0.1) is 0 Å². The van der Waals surface area contributed by atoms with Crippen molar-refractivity contribution in [3.05, 3.63) is 0 Å². The fourth-order valence-electron chi connectivity index (χ4n) is 0.948. The highest BCUT2D eigenvalue weighted by atomic mass is 16.4. The molecule has 0 heterocycles. The second-order valence-corrected chi connectivity index (χ2v) is 3.56. The van der Waals surface area contributed by atoms with Crippen molar-refractivity contribution in [1.29, 1.82) is 0 Å². The standard InChI is InChI=1S/C9H15N3O6/c1-4(10)8(16)11-3-6(13)12-5(9(17)18)2-7(14)15/h4-5H,2-3,10H2,1H3,(H,11,16)(H,12,13)(H,14,15)(H,17,18)/t4-,5-/m0/s1. The van der Waals surface area contributed by atoms with E-state index >= 15 is 0 Å².